The van der Waals surface area contributed by atoms with Gasteiger partial charge >= 0.3 is 12.1 Å². The minimum Gasteiger partial charge on any atom is -0.495 e. The molecule has 8 nitrogen and oxygen atoms in total. The molecule has 41 heavy (non-hydrogen) atoms. The summed E-state index contributed by atoms with van der Waals surface area (Å²) >= 11 is 0. The first-order chi connectivity index (χ1) is 19.7. The van der Waals surface area contributed by atoms with Crippen molar-refractivity contribution >= 4 is 31.2 Å². The van der Waals surface area contributed by atoms with Crippen LogP contribution in [0.4, 0.5) is 24.8 Å². The van der Waals surface area contributed by atoms with E-state index in [1.807, 2.05) is 18.2 Å². The predicted octanol–water partition coefficient (Wildman–Crippen LogP) is 4.47. The molecule has 0 saturated carbocycles. The fraction of sp³-hybridized carbons (Fsp3) is 0.379. The summed E-state index contributed by atoms with van der Waals surface area (Å²) in [5.41, 5.74) is 2.01. The molecule has 1 aliphatic heterocycles. The van der Waals surface area contributed by atoms with Crippen LogP contribution in [0.25, 0.3) is 0 Å². The Bertz CT molecular complexity index is 1360. The van der Waals surface area contributed by atoms with Gasteiger partial charge in [0.05, 0.1) is 43.8 Å². The maximum atomic E-state index is 13.8. The normalized spacial score (nSPS) is 14.4. The Morgan fingerprint density at radius 3 is 2.51 bits per heavy atom. The largest absolute Gasteiger partial charge is 0.495 e. The first-order valence-electron chi connectivity index (χ1n) is 13.4. The van der Waals surface area contributed by atoms with Gasteiger partial charge in [-0.1, -0.05) is 30.3 Å². The number of hydrogen-bond acceptors (Lipinski definition) is 8. The molecule has 1 saturated heterocycles. The van der Waals surface area contributed by atoms with Gasteiger partial charge < -0.3 is 24.4 Å². The third-order valence-corrected chi connectivity index (χ3v) is 7.35. The number of carbonyl (C=O) groups excluding carboxylic acids is 2. The highest BCUT2D eigenvalue weighted by Gasteiger charge is 2.35. The number of benzene rings is 2. The van der Waals surface area contributed by atoms with Gasteiger partial charge in [-0.2, -0.15) is 13.2 Å². The van der Waals surface area contributed by atoms with Crippen molar-refractivity contribution in [2.45, 2.75) is 44.2 Å². The van der Waals surface area contributed by atoms with Crippen LogP contribution < -0.4 is 10.1 Å². The van der Waals surface area contributed by atoms with Crippen LogP contribution in [0.1, 0.15) is 46.7 Å². The van der Waals surface area contributed by atoms with Crippen LogP contribution in [0.2, 0.25) is 0 Å². The molecule has 0 amide bonds. The van der Waals surface area contributed by atoms with Crippen molar-refractivity contribution in [3.05, 3.63) is 76.6 Å². The Morgan fingerprint density at radius 1 is 1.12 bits per heavy atom. The van der Waals surface area contributed by atoms with Crippen LogP contribution in [-0.4, -0.2) is 61.7 Å². The standard InChI is InChI=1S/C29H32BF3N4O4/c1-40-26-15-22(20-11-13-37(14-12-20)30-18-38)8-10-25(26)36-28-34-17-23(29(31,32)33)24(35-28)9-7-19-5-3-4-6-21(19)16-27(39)41-2/h3-6,8,10,15,17-18,20,30H,7,9,11-14,16H2,1-2H3,(H,34,35,36). The van der Waals surface area contributed by atoms with E-state index in [9.17, 15) is 22.8 Å². The quantitative estimate of drug-likeness (QED) is 0.206. The van der Waals surface area contributed by atoms with Crippen LogP contribution in [0.3, 0.4) is 0 Å². The summed E-state index contributed by atoms with van der Waals surface area (Å²) in [5.74, 6) is 0.436. The van der Waals surface area contributed by atoms with Gasteiger partial charge in [-0.05, 0) is 73.5 Å². The summed E-state index contributed by atoms with van der Waals surface area (Å²) in [6, 6.07) is 12.8. The van der Waals surface area contributed by atoms with Gasteiger partial charge in [0.15, 0.2) is 0 Å². The molecule has 2 heterocycles. The number of anilines is 2. The zero-order chi connectivity index (χ0) is 29.4. The molecule has 2 aromatic carbocycles. The molecule has 0 atom stereocenters. The van der Waals surface area contributed by atoms with E-state index in [1.165, 1.54) is 14.2 Å². The number of halogens is 3. The van der Waals surface area contributed by atoms with E-state index < -0.39 is 17.7 Å². The number of hydrogen-bond donors (Lipinski definition) is 1. The van der Waals surface area contributed by atoms with E-state index >= 15 is 0 Å². The van der Waals surface area contributed by atoms with E-state index in [0.29, 0.717) is 30.3 Å². The molecule has 4 rings (SSSR count). The number of alkyl halides is 3. The molecule has 0 radical (unpaired) electrons. The van der Waals surface area contributed by atoms with Crippen LogP contribution in [-0.2, 0) is 39.8 Å². The summed E-state index contributed by atoms with van der Waals surface area (Å²) in [6.07, 6.45) is -0.819. The van der Waals surface area contributed by atoms with Crippen LogP contribution in [0.5, 0.6) is 5.75 Å². The fourth-order valence-corrected chi connectivity index (χ4v) is 5.10. The summed E-state index contributed by atoms with van der Waals surface area (Å²) in [5, 5.41) is 3.02. The molecule has 1 fully saturated rings. The minimum atomic E-state index is -4.62. The average molecular weight is 568 g/mol. The number of rotatable bonds is 11. The van der Waals surface area contributed by atoms with E-state index in [2.05, 4.69) is 20.1 Å². The second kappa shape index (κ2) is 13.6. The monoisotopic (exact) mass is 568 g/mol. The van der Waals surface area contributed by atoms with Crippen molar-refractivity contribution in [1.82, 2.24) is 14.8 Å². The molecule has 12 heteroatoms. The molecule has 1 aromatic heterocycles. The molecule has 3 aromatic rings. The van der Waals surface area contributed by atoms with Gasteiger partial charge in [-0.3, -0.25) is 4.79 Å². The lowest BCUT2D eigenvalue weighted by Crippen LogP contribution is -2.36. The second-order valence-corrected chi connectivity index (χ2v) is 9.90. The Morgan fingerprint density at radius 2 is 1.85 bits per heavy atom. The van der Waals surface area contributed by atoms with Crippen LogP contribution in [0, 0.1) is 0 Å². The maximum absolute atomic E-state index is 13.8. The zero-order valence-corrected chi connectivity index (χ0v) is 23.0. The van der Waals surface area contributed by atoms with Gasteiger partial charge in [0.1, 0.15) is 5.75 Å². The predicted molar refractivity (Wildman–Crippen MR) is 150 cm³/mol. The average Bonchev–Trinajstić information content (AvgIpc) is 2.97. The minimum absolute atomic E-state index is 0.0108. The second-order valence-electron chi connectivity index (χ2n) is 9.90. The van der Waals surface area contributed by atoms with Gasteiger partial charge in [0.2, 0.25) is 5.95 Å². The Hall–Kier alpha value is -3.93. The lowest BCUT2D eigenvalue weighted by atomic mass is 9.84. The summed E-state index contributed by atoms with van der Waals surface area (Å²) in [4.78, 5) is 32.9. The first kappa shape index (κ1) is 30.0. The molecule has 0 spiro atoms. The molecule has 0 aliphatic carbocycles. The lowest BCUT2D eigenvalue weighted by Gasteiger charge is -2.31. The van der Waals surface area contributed by atoms with Gasteiger partial charge in [0, 0.05) is 6.20 Å². The van der Waals surface area contributed by atoms with Crippen molar-refractivity contribution in [1.29, 1.82) is 0 Å². The van der Waals surface area contributed by atoms with Crippen molar-refractivity contribution in [3.8, 4) is 5.75 Å². The van der Waals surface area contributed by atoms with Gasteiger partial charge in [0.25, 0.3) is 7.41 Å². The van der Waals surface area contributed by atoms with Gasteiger partial charge in [-0.25, -0.2) is 9.97 Å². The molecule has 216 valence electrons. The third kappa shape index (κ3) is 7.84. The molecule has 0 unspecified atom stereocenters. The van der Waals surface area contributed by atoms with E-state index in [1.54, 1.807) is 24.3 Å². The smallest absolute Gasteiger partial charge is 0.419 e. The van der Waals surface area contributed by atoms with Crippen molar-refractivity contribution in [2.24, 2.45) is 0 Å². The van der Waals surface area contributed by atoms with E-state index in [-0.39, 0.29) is 30.9 Å². The number of piperidine rings is 1. The number of aryl methyl sites for hydroxylation is 2. The first-order valence-corrected chi connectivity index (χ1v) is 13.4. The van der Waals surface area contributed by atoms with E-state index in [0.717, 1.165) is 49.4 Å². The molecular weight excluding hydrogens is 536 g/mol. The molecule has 1 N–H and O–H groups in total. The zero-order valence-electron chi connectivity index (χ0n) is 23.0. The molecule has 0 bridgehead atoms. The van der Waals surface area contributed by atoms with Crippen LogP contribution >= 0.6 is 0 Å². The van der Waals surface area contributed by atoms with Gasteiger partial charge in [-0.15, -0.1) is 0 Å². The Balaban J connectivity index is 1.53. The number of aromatic nitrogens is 2. The topological polar surface area (TPSA) is 93.7 Å². The third-order valence-electron chi connectivity index (χ3n) is 7.35. The summed E-state index contributed by atoms with van der Waals surface area (Å²) in [7, 11) is 3.26. The lowest BCUT2D eigenvalue weighted by molar-refractivity contribution is -0.140. The Labute approximate surface area is 237 Å². The maximum Gasteiger partial charge on any atom is 0.419 e. The summed E-state index contributed by atoms with van der Waals surface area (Å²) in [6.45, 7) is 1.67. The number of nitrogens with one attached hydrogen (secondary N) is 1. The van der Waals surface area contributed by atoms with Crippen molar-refractivity contribution < 1.29 is 32.2 Å². The van der Waals surface area contributed by atoms with Crippen molar-refractivity contribution in [3.63, 3.8) is 0 Å². The molecular formula is C29H32BF3N4O4. The van der Waals surface area contributed by atoms with E-state index in [4.69, 9.17) is 9.47 Å². The highest BCUT2D eigenvalue weighted by atomic mass is 19.4. The number of carbonyl (C=O) groups is 2. The summed E-state index contributed by atoms with van der Waals surface area (Å²) < 4.78 is 51.8. The SMILES string of the molecule is COC(=O)Cc1ccccc1CCc1nc(Nc2ccc(C3CCN(BC=O)CC3)cc2OC)ncc1C(F)(F)F. The number of ether oxygens (including phenoxy) is 2. The Kier molecular flexibility index (Phi) is 9.98. The fourth-order valence-electron chi connectivity index (χ4n) is 5.10. The highest BCUT2D eigenvalue weighted by Crippen LogP contribution is 2.36. The van der Waals surface area contributed by atoms with Crippen LogP contribution in [0.15, 0.2) is 48.7 Å². The highest BCUT2D eigenvalue weighted by molar-refractivity contribution is 6.64. The number of methoxy groups -OCH3 is 2. The molecule has 1 aliphatic rings. The van der Waals surface area contributed by atoms with Crippen molar-refractivity contribution in [2.75, 3.05) is 32.6 Å². The number of nitrogens with zero attached hydrogens (tertiary/aromatic N) is 3. The number of esters is 1.